The quantitative estimate of drug-likeness (QED) is 0.707. The van der Waals surface area contributed by atoms with Crippen molar-refractivity contribution in [3.05, 3.63) is 64.7 Å². The van der Waals surface area contributed by atoms with E-state index in [2.05, 4.69) is 0 Å². The smallest absolute Gasteiger partial charge is 0.371 e. The van der Waals surface area contributed by atoms with Crippen molar-refractivity contribution < 1.29 is 22.8 Å². The van der Waals surface area contributed by atoms with Crippen molar-refractivity contribution in [1.29, 1.82) is 5.26 Å². The van der Waals surface area contributed by atoms with Gasteiger partial charge in [0.2, 0.25) is 5.91 Å². The first kappa shape index (κ1) is 24.6. The summed E-state index contributed by atoms with van der Waals surface area (Å²) < 4.78 is 40.2. The number of nitrogens with zero attached hydrogens (tertiary/aromatic N) is 3. The average Bonchev–Trinajstić information content (AvgIpc) is 3.22. The lowest BCUT2D eigenvalue weighted by Crippen LogP contribution is -2.44. The van der Waals surface area contributed by atoms with E-state index >= 15 is 0 Å². The molecule has 35 heavy (non-hydrogen) atoms. The van der Waals surface area contributed by atoms with Gasteiger partial charge in [0.15, 0.2) is 0 Å². The minimum atomic E-state index is -4.62. The maximum absolute atomic E-state index is 13.4. The van der Waals surface area contributed by atoms with Crippen molar-refractivity contribution in [2.24, 2.45) is 11.1 Å². The SMILES string of the molecule is CCc1ccc(C(=O)N2CC3(CCN(c4ccc(C#N)c(C(F)(F)F)c4)CC3)CC2C(N)=O)cc1. The summed E-state index contributed by atoms with van der Waals surface area (Å²) >= 11 is 0. The van der Waals surface area contributed by atoms with Gasteiger partial charge in [-0.1, -0.05) is 19.1 Å². The molecule has 2 aliphatic heterocycles. The van der Waals surface area contributed by atoms with Crippen molar-refractivity contribution in [1.82, 2.24) is 4.90 Å². The van der Waals surface area contributed by atoms with E-state index < -0.39 is 29.3 Å². The number of piperidine rings is 1. The van der Waals surface area contributed by atoms with Crippen molar-refractivity contribution in [2.75, 3.05) is 24.5 Å². The van der Waals surface area contributed by atoms with Crippen LogP contribution in [0.2, 0.25) is 0 Å². The van der Waals surface area contributed by atoms with E-state index in [1.165, 1.54) is 12.1 Å². The fourth-order valence-corrected chi connectivity index (χ4v) is 5.24. The number of nitriles is 1. The third-order valence-corrected chi connectivity index (χ3v) is 7.33. The van der Waals surface area contributed by atoms with E-state index in [4.69, 9.17) is 11.0 Å². The van der Waals surface area contributed by atoms with E-state index in [0.29, 0.717) is 50.1 Å². The van der Waals surface area contributed by atoms with Crippen molar-refractivity contribution in [3.63, 3.8) is 0 Å². The number of rotatable bonds is 4. The Kier molecular flexibility index (Phi) is 6.50. The second-order valence-electron chi connectivity index (χ2n) is 9.43. The summed E-state index contributed by atoms with van der Waals surface area (Å²) in [5.74, 6) is -0.789. The Morgan fingerprint density at radius 1 is 1.14 bits per heavy atom. The molecule has 0 saturated carbocycles. The standard InChI is InChI=1S/C26H27F3N4O2/c1-2-17-3-5-18(6-4-17)24(35)33-16-25(14-22(33)23(31)34)9-11-32(12-10-25)20-8-7-19(15-30)21(13-20)26(27,28)29/h3-8,13,22H,2,9-12,14,16H2,1H3,(H2,31,34). The fraction of sp³-hybridized carbons (Fsp3) is 0.423. The molecule has 2 amide bonds. The first-order chi connectivity index (χ1) is 16.6. The van der Waals surface area contributed by atoms with Gasteiger partial charge >= 0.3 is 6.18 Å². The van der Waals surface area contributed by atoms with Gasteiger partial charge in [0.05, 0.1) is 17.2 Å². The summed E-state index contributed by atoms with van der Waals surface area (Å²) in [6.45, 7) is 3.35. The zero-order valence-electron chi connectivity index (χ0n) is 19.4. The molecule has 184 valence electrons. The Labute approximate surface area is 202 Å². The van der Waals surface area contributed by atoms with Gasteiger partial charge in [0, 0.05) is 30.9 Å². The second kappa shape index (κ2) is 9.25. The Morgan fingerprint density at radius 2 is 1.80 bits per heavy atom. The van der Waals surface area contributed by atoms with Gasteiger partial charge in [-0.2, -0.15) is 18.4 Å². The number of carbonyl (C=O) groups is 2. The second-order valence-corrected chi connectivity index (χ2v) is 9.43. The summed E-state index contributed by atoms with van der Waals surface area (Å²) in [5, 5.41) is 9.04. The summed E-state index contributed by atoms with van der Waals surface area (Å²) in [5.41, 5.74) is 6.00. The van der Waals surface area contributed by atoms with Crippen LogP contribution in [0.3, 0.4) is 0 Å². The lowest BCUT2D eigenvalue weighted by molar-refractivity contribution is -0.137. The van der Waals surface area contributed by atoms with Gasteiger partial charge in [0.25, 0.3) is 5.91 Å². The number of amides is 2. The minimum absolute atomic E-state index is 0.238. The molecular formula is C26H27F3N4O2. The van der Waals surface area contributed by atoms with Gasteiger partial charge in [-0.15, -0.1) is 0 Å². The predicted molar refractivity (Wildman–Crippen MR) is 124 cm³/mol. The number of primary amides is 1. The number of halogens is 3. The molecule has 1 unspecified atom stereocenters. The molecule has 0 aliphatic carbocycles. The molecule has 6 nitrogen and oxygen atoms in total. The average molecular weight is 485 g/mol. The Hall–Kier alpha value is -3.54. The van der Waals surface area contributed by atoms with E-state index in [1.807, 2.05) is 24.0 Å². The third kappa shape index (κ3) is 4.83. The highest BCUT2D eigenvalue weighted by molar-refractivity contribution is 5.97. The molecular weight excluding hydrogens is 457 g/mol. The molecule has 4 rings (SSSR count). The number of hydrogen-bond acceptors (Lipinski definition) is 4. The molecule has 0 radical (unpaired) electrons. The minimum Gasteiger partial charge on any atom is -0.371 e. The summed E-state index contributed by atoms with van der Waals surface area (Å²) in [7, 11) is 0. The Morgan fingerprint density at radius 3 is 2.34 bits per heavy atom. The van der Waals surface area contributed by atoms with E-state index in [1.54, 1.807) is 23.1 Å². The van der Waals surface area contributed by atoms with Gasteiger partial charge in [-0.25, -0.2) is 0 Å². The van der Waals surface area contributed by atoms with E-state index in [0.717, 1.165) is 18.1 Å². The van der Waals surface area contributed by atoms with E-state index in [-0.39, 0.29) is 11.3 Å². The molecule has 2 heterocycles. The maximum Gasteiger partial charge on any atom is 0.417 e. The first-order valence-electron chi connectivity index (χ1n) is 11.6. The van der Waals surface area contributed by atoms with Crippen LogP contribution in [0.5, 0.6) is 0 Å². The summed E-state index contributed by atoms with van der Waals surface area (Å²) in [6.07, 6.45) is -2.11. The molecule has 1 spiro atoms. The van der Waals surface area contributed by atoms with Crippen molar-refractivity contribution in [2.45, 2.75) is 44.8 Å². The normalized spacial score (nSPS) is 19.6. The number of anilines is 1. The van der Waals surface area contributed by atoms with Crippen LogP contribution in [0.4, 0.5) is 18.9 Å². The molecule has 2 N–H and O–H groups in total. The Balaban J connectivity index is 1.51. The zero-order valence-corrected chi connectivity index (χ0v) is 19.4. The monoisotopic (exact) mass is 484 g/mol. The van der Waals surface area contributed by atoms with Crippen LogP contribution in [-0.4, -0.2) is 42.4 Å². The lowest BCUT2D eigenvalue weighted by atomic mass is 9.76. The highest BCUT2D eigenvalue weighted by Gasteiger charge is 2.49. The van der Waals surface area contributed by atoms with Gasteiger partial charge in [0.1, 0.15) is 6.04 Å². The maximum atomic E-state index is 13.4. The topological polar surface area (TPSA) is 90.4 Å². The van der Waals surface area contributed by atoms with Gasteiger partial charge in [-0.3, -0.25) is 9.59 Å². The number of carbonyl (C=O) groups excluding carboxylic acids is 2. The highest BCUT2D eigenvalue weighted by Crippen LogP contribution is 2.45. The van der Waals surface area contributed by atoms with Gasteiger partial charge < -0.3 is 15.5 Å². The number of likely N-dealkylation sites (tertiary alicyclic amines) is 1. The van der Waals surface area contributed by atoms with Crippen LogP contribution in [0, 0.1) is 16.7 Å². The number of nitrogens with two attached hydrogens (primary N) is 1. The van der Waals surface area contributed by atoms with Crippen LogP contribution < -0.4 is 10.6 Å². The van der Waals surface area contributed by atoms with Crippen molar-refractivity contribution >= 4 is 17.5 Å². The molecule has 9 heteroatoms. The zero-order chi connectivity index (χ0) is 25.4. The van der Waals surface area contributed by atoms with Crippen LogP contribution in [0.1, 0.15) is 53.2 Å². The molecule has 0 aromatic heterocycles. The Bertz CT molecular complexity index is 1160. The third-order valence-electron chi connectivity index (χ3n) is 7.33. The largest absolute Gasteiger partial charge is 0.417 e. The summed E-state index contributed by atoms with van der Waals surface area (Å²) in [4.78, 5) is 28.9. The van der Waals surface area contributed by atoms with E-state index in [9.17, 15) is 22.8 Å². The molecule has 0 bridgehead atoms. The van der Waals surface area contributed by atoms with Gasteiger partial charge in [-0.05, 0) is 67.0 Å². The fourth-order valence-electron chi connectivity index (χ4n) is 5.24. The van der Waals surface area contributed by atoms with Crippen LogP contribution in [0.15, 0.2) is 42.5 Å². The van der Waals surface area contributed by atoms with Crippen LogP contribution in [-0.2, 0) is 17.4 Å². The number of aryl methyl sites for hydroxylation is 1. The lowest BCUT2D eigenvalue weighted by Gasteiger charge is -2.40. The molecule has 2 aliphatic rings. The summed E-state index contributed by atoms with van der Waals surface area (Å²) in [6, 6.07) is 11.9. The van der Waals surface area contributed by atoms with Crippen LogP contribution in [0.25, 0.3) is 0 Å². The number of alkyl halides is 3. The molecule has 2 aromatic rings. The molecule has 2 fully saturated rings. The molecule has 2 saturated heterocycles. The highest BCUT2D eigenvalue weighted by atomic mass is 19.4. The predicted octanol–water partition coefficient (Wildman–Crippen LogP) is 4.13. The first-order valence-corrected chi connectivity index (χ1v) is 11.6. The van der Waals surface area contributed by atoms with Crippen LogP contribution >= 0.6 is 0 Å². The number of hydrogen-bond donors (Lipinski definition) is 1. The molecule has 1 atom stereocenters. The molecule has 2 aromatic carbocycles. The van der Waals surface area contributed by atoms with Crippen molar-refractivity contribution in [3.8, 4) is 6.07 Å². The number of benzene rings is 2.